The summed E-state index contributed by atoms with van der Waals surface area (Å²) in [5, 5.41) is 0.510. The van der Waals surface area contributed by atoms with E-state index in [0.717, 1.165) is 29.7 Å². The maximum absolute atomic E-state index is 13.4. The lowest BCUT2D eigenvalue weighted by Gasteiger charge is -2.27. The van der Waals surface area contributed by atoms with Crippen molar-refractivity contribution < 1.29 is 14.1 Å². The van der Waals surface area contributed by atoms with Gasteiger partial charge in [0.25, 0.3) is 5.91 Å². The number of fused-ring (bicyclic) bond motifs is 2. The monoisotopic (exact) mass is 455 g/mol. The van der Waals surface area contributed by atoms with Crippen LogP contribution >= 0.6 is 15.9 Å². The Morgan fingerprint density at radius 1 is 1.07 bits per heavy atom. The van der Waals surface area contributed by atoms with Crippen molar-refractivity contribution in [3.8, 4) is 0 Å². The van der Waals surface area contributed by atoms with Crippen LogP contribution in [0, 0.1) is 0 Å². The number of hydrogen-bond donors (Lipinski definition) is 1. The van der Waals surface area contributed by atoms with Gasteiger partial charge in [-0.25, -0.2) is 0 Å². The molecule has 0 fully saturated rings. The molecular formula is C23H24BrN2O3+. The first-order valence-corrected chi connectivity index (χ1v) is 10.8. The highest BCUT2D eigenvalue weighted by Crippen LogP contribution is 2.38. The van der Waals surface area contributed by atoms with E-state index in [9.17, 15) is 9.59 Å². The first-order chi connectivity index (χ1) is 14.0. The summed E-state index contributed by atoms with van der Waals surface area (Å²) in [6.45, 7) is 7.66. The van der Waals surface area contributed by atoms with E-state index in [1.165, 1.54) is 4.90 Å². The highest BCUT2D eigenvalue weighted by Gasteiger charge is 2.42. The number of nitrogens with zero attached hydrogens (tertiary/aromatic N) is 1. The largest absolute Gasteiger partial charge is 0.450 e. The Labute approximate surface area is 178 Å². The van der Waals surface area contributed by atoms with Crippen LogP contribution in [0.2, 0.25) is 0 Å². The molecule has 1 aliphatic heterocycles. The van der Waals surface area contributed by atoms with Crippen molar-refractivity contribution >= 4 is 32.8 Å². The number of nitrogens with one attached hydrogen (secondary N) is 1. The van der Waals surface area contributed by atoms with Crippen molar-refractivity contribution in [3.63, 3.8) is 0 Å². The van der Waals surface area contributed by atoms with Gasteiger partial charge in [-0.3, -0.25) is 9.59 Å². The molecule has 0 saturated carbocycles. The summed E-state index contributed by atoms with van der Waals surface area (Å²) in [5.41, 5.74) is 1.68. The van der Waals surface area contributed by atoms with Crippen LogP contribution in [-0.2, 0) is 0 Å². The quantitative estimate of drug-likeness (QED) is 0.621. The Morgan fingerprint density at radius 2 is 1.83 bits per heavy atom. The zero-order valence-electron chi connectivity index (χ0n) is 16.6. The number of quaternary nitrogens is 1. The zero-order chi connectivity index (χ0) is 20.5. The van der Waals surface area contributed by atoms with E-state index >= 15 is 0 Å². The van der Waals surface area contributed by atoms with E-state index in [1.54, 1.807) is 17.0 Å². The number of halogens is 1. The second-order valence-corrected chi connectivity index (χ2v) is 8.25. The van der Waals surface area contributed by atoms with Gasteiger partial charge in [-0.1, -0.05) is 40.2 Å². The van der Waals surface area contributed by atoms with Gasteiger partial charge >= 0.3 is 0 Å². The van der Waals surface area contributed by atoms with Gasteiger partial charge in [-0.2, -0.15) is 0 Å². The van der Waals surface area contributed by atoms with Crippen molar-refractivity contribution in [1.82, 2.24) is 4.90 Å². The van der Waals surface area contributed by atoms with Crippen molar-refractivity contribution in [3.05, 3.63) is 80.1 Å². The van der Waals surface area contributed by atoms with Gasteiger partial charge in [0.1, 0.15) is 5.58 Å². The van der Waals surface area contributed by atoms with Crippen LogP contribution in [0.15, 0.2) is 62.2 Å². The molecule has 1 N–H and O–H groups in total. The molecule has 2 heterocycles. The van der Waals surface area contributed by atoms with Crippen LogP contribution in [0.4, 0.5) is 0 Å². The number of carbonyl (C=O) groups is 1. The molecule has 0 aliphatic carbocycles. The molecule has 29 heavy (non-hydrogen) atoms. The van der Waals surface area contributed by atoms with Gasteiger partial charge in [0.05, 0.1) is 43.2 Å². The lowest BCUT2D eigenvalue weighted by Crippen LogP contribution is -3.12. The summed E-state index contributed by atoms with van der Waals surface area (Å²) in [6.07, 6.45) is 0. The van der Waals surface area contributed by atoms with Gasteiger partial charge in [0, 0.05) is 4.47 Å². The minimum Gasteiger partial charge on any atom is -0.450 e. The zero-order valence-corrected chi connectivity index (χ0v) is 18.2. The van der Waals surface area contributed by atoms with Gasteiger partial charge in [0.2, 0.25) is 5.76 Å². The predicted molar refractivity (Wildman–Crippen MR) is 116 cm³/mol. The fourth-order valence-corrected chi connectivity index (χ4v) is 4.52. The van der Waals surface area contributed by atoms with E-state index in [1.807, 2.05) is 36.4 Å². The van der Waals surface area contributed by atoms with Crippen molar-refractivity contribution in [2.24, 2.45) is 0 Å². The fraction of sp³-hybridized carbons (Fsp3) is 0.304. The topological polar surface area (TPSA) is 55.0 Å². The van der Waals surface area contributed by atoms with Crippen LogP contribution in [0.1, 0.15) is 41.6 Å². The van der Waals surface area contributed by atoms with Crippen molar-refractivity contribution in [2.45, 2.75) is 19.9 Å². The Morgan fingerprint density at radius 3 is 2.55 bits per heavy atom. The molecular weight excluding hydrogens is 432 g/mol. The number of likely N-dealkylation sites (N-methyl/N-ethyl adjacent to an activating group) is 1. The summed E-state index contributed by atoms with van der Waals surface area (Å²) < 4.78 is 6.87. The molecule has 150 valence electrons. The number of benzene rings is 2. The average molecular weight is 456 g/mol. The molecule has 1 aromatic heterocycles. The normalized spacial score (nSPS) is 16.1. The van der Waals surface area contributed by atoms with Crippen LogP contribution in [0.5, 0.6) is 0 Å². The highest BCUT2D eigenvalue weighted by atomic mass is 79.9. The summed E-state index contributed by atoms with van der Waals surface area (Å²) in [4.78, 5) is 29.9. The number of carbonyl (C=O) groups excluding carboxylic acids is 1. The minimum absolute atomic E-state index is 0.127. The first-order valence-electron chi connectivity index (χ1n) is 10.0. The standard InChI is InChI=1S/C23H23BrN2O3/c1-3-25(4-2)12-13-26-20(15-8-7-9-16(24)14-15)19-21(27)17-10-5-6-11-18(17)29-22(19)23(26)28/h5-11,14,20H,3-4,12-13H2,1-2H3/p+1/t20-/m1/s1. The number of para-hydroxylation sites is 1. The molecule has 5 nitrogen and oxygen atoms in total. The number of rotatable bonds is 6. The predicted octanol–water partition coefficient (Wildman–Crippen LogP) is 3.03. The smallest absolute Gasteiger partial charge is 0.291 e. The summed E-state index contributed by atoms with van der Waals surface area (Å²) in [6, 6.07) is 14.5. The Kier molecular flexibility index (Phi) is 5.56. The Bertz CT molecular complexity index is 1120. The SMILES string of the molecule is CC[NH+](CC)CCN1C(=O)c2oc3ccccc3c(=O)c2[C@H]1c1cccc(Br)c1. The van der Waals surface area contributed by atoms with E-state index in [-0.39, 0.29) is 17.1 Å². The van der Waals surface area contributed by atoms with Gasteiger partial charge in [-0.15, -0.1) is 0 Å². The second-order valence-electron chi connectivity index (χ2n) is 7.33. The maximum atomic E-state index is 13.4. The summed E-state index contributed by atoms with van der Waals surface area (Å²) in [5.74, 6) is -0.0346. The highest BCUT2D eigenvalue weighted by molar-refractivity contribution is 9.10. The maximum Gasteiger partial charge on any atom is 0.291 e. The molecule has 4 rings (SSSR count). The Hall–Kier alpha value is -2.44. The summed E-state index contributed by atoms with van der Waals surface area (Å²) >= 11 is 3.52. The van der Waals surface area contributed by atoms with E-state index in [4.69, 9.17) is 4.42 Å². The lowest BCUT2D eigenvalue weighted by molar-refractivity contribution is -0.895. The molecule has 0 unspecified atom stereocenters. The second kappa shape index (κ2) is 8.13. The van der Waals surface area contributed by atoms with E-state index < -0.39 is 6.04 Å². The van der Waals surface area contributed by atoms with E-state index in [2.05, 4.69) is 29.8 Å². The summed E-state index contributed by atoms with van der Waals surface area (Å²) in [7, 11) is 0. The number of amides is 1. The van der Waals surface area contributed by atoms with Gasteiger partial charge in [-0.05, 0) is 43.7 Å². The lowest BCUT2D eigenvalue weighted by atomic mass is 9.98. The molecule has 1 atom stereocenters. The van der Waals surface area contributed by atoms with Crippen LogP contribution in [-0.4, -0.2) is 37.0 Å². The van der Waals surface area contributed by atoms with Crippen LogP contribution in [0.3, 0.4) is 0 Å². The average Bonchev–Trinajstić information content (AvgIpc) is 3.01. The molecule has 0 radical (unpaired) electrons. The molecule has 0 bridgehead atoms. The fourth-order valence-electron chi connectivity index (χ4n) is 4.10. The van der Waals surface area contributed by atoms with Crippen molar-refractivity contribution in [2.75, 3.05) is 26.2 Å². The minimum atomic E-state index is -0.439. The van der Waals surface area contributed by atoms with Crippen LogP contribution < -0.4 is 10.3 Å². The molecule has 2 aromatic carbocycles. The molecule has 0 spiro atoms. The molecule has 3 aromatic rings. The van der Waals surface area contributed by atoms with E-state index in [0.29, 0.717) is 23.1 Å². The van der Waals surface area contributed by atoms with Crippen molar-refractivity contribution in [1.29, 1.82) is 0 Å². The molecule has 6 heteroatoms. The number of hydrogen-bond acceptors (Lipinski definition) is 3. The third-order valence-electron chi connectivity index (χ3n) is 5.74. The van der Waals surface area contributed by atoms with Gasteiger partial charge in [0.15, 0.2) is 5.43 Å². The Balaban J connectivity index is 1.87. The third-order valence-corrected chi connectivity index (χ3v) is 6.24. The van der Waals surface area contributed by atoms with Gasteiger partial charge < -0.3 is 14.2 Å². The molecule has 0 saturated heterocycles. The molecule has 1 amide bonds. The third kappa shape index (κ3) is 3.51. The molecule has 1 aliphatic rings. The van der Waals surface area contributed by atoms with Crippen LogP contribution in [0.25, 0.3) is 11.0 Å². The first kappa shape index (κ1) is 19.9.